The van der Waals surface area contributed by atoms with Crippen LogP contribution >= 0.6 is 0 Å². The Bertz CT molecular complexity index is 235. The minimum Gasteiger partial charge on any atom is -0.463 e. The Labute approximate surface area is 80.0 Å². The standard InChI is InChI=1S/C9H15NO2Si/c1-13(2,3)8-7-12-9(11)5-4-6-10/h4-5H,7-8H2,1-3H3. The van der Waals surface area contributed by atoms with Gasteiger partial charge in [-0.3, -0.25) is 0 Å². The summed E-state index contributed by atoms with van der Waals surface area (Å²) in [5, 5.41) is 8.13. The van der Waals surface area contributed by atoms with Gasteiger partial charge >= 0.3 is 5.97 Å². The first-order valence-electron chi connectivity index (χ1n) is 4.18. The molecule has 72 valence electrons. The molecular weight excluding hydrogens is 182 g/mol. The maximum Gasteiger partial charge on any atom is 0.331 e. The minimum absolute atomic E-state index is 0.431. The number of allylic oxidation sites excluding steroid dienone is 1. The number of nitriles is 1. The van der Waals surface area contributed by atoms with Crippen LogP contribution in [0.2, 0.25) is 25.7 Å². The van der Waals surface area contributed by atoms with Crippen LogP contribution in [-0.2, 0) is 9.53 Å². The van der Waals surface area contributed by atoms with Crippen LogP contribution in [0.25, 0.3) is 0 Å². The highest BCUT2D eigenvalue weighted by Gasteiger charge is 2.12. The Morgan fingerprint density at radius 3 is 2.62 bits per heavy atom. The summed E-state index contributed by atoms with van der Waals surface area (Å²) in [6, 6.07) is 2.69. The van der Waals surface area contributed by atoms with E-state index in [1.54, 1.807) is 6.07 Å². The highest BCUT2D eigenvalue weighted by molar-refractivity contribution is 6.76. The maximum absolute atomic E-state index is 10.8. The van der Waals surface area contributed by atoms with E-state index in [0.29, 0.717) is 6.61 Å². The number of esters is 1. The van der Waals surface area contributed by atoms with Gasteiger partial charge in [-0.25, -0.2) is 4.79 Å². The van der Waals surface area contributed by atoms with Crippen molar-refractivity contribution in [3.8, 4) is 6.07 Å². The first-order valence-corrected chi connectivity index (χ1v) is 7.89. The van der Waals surface area contributed by atoms with Gasteiger partial charge in [0, 0.05) is 20.2 Å². The van der Waals surface area contributed by atoms with E-state index in [-0.39, 0.29) is 0 Å². The van der Waals surface area contributed by atoms with Gasteiger partial charge in [-0.05, 0) is 6.04 Å². The Kier molecular flexibility index (Phi) is 5.08. The average Bonchev–Trinajstić information content (AvgIpc) is 1.98. The van der Waals surface area contributed by atoms with Crippen LogP contribution in [0.3, 0.4) is 0 Å². The lowest BCUT2D eigenvalue weighted by Crippen LogP contribution is -2.22. The molecule has 0 fully saturated rings. The predicted molar refractivity (Wildman–Crippen MR) is 53.9 cm³/mol. The van der Waals surface area contributed by atoms with Gasteiger partial charge in [-0.1, -0.05) is 19.6 Å². The van der Waals surface area contributed by atoms with Gasteiger partial charge in [0.2, 0.25) is 0 Å². The summed E-state index contributed by atoms with van der Waals surface area (Å²) in [6.45, 7) is 7.11. The molecule has 0 bridgehead atoms. The smallest absolute Gasteiger partial charge is 0.331 e. The Balaban J connectivity index is 3.62. The highest BCUT2D eigenvalue weighted by Crippen LogP contribution is 2.07. The molecule has 0 aliphatic rings. The molecule has 0 saturated heterocycles. The first kappa shape index (κ1) is 11.9. The number of nitrogens with zero attached hydrogens (tertiary/aromatic N) is 1. The summed E-state index contributed by atoms with van der Waals surface area (Å²) in [5.41, 5.74) is 0. The molecule has 3 nitrogen and oxygen atoms in total. The Hall–Kier alpha value is -1.08. The topological polar surface area (TPSA) is 50.1 Å². The molecule has 0 aliphatic heterocycles. The lowest BCUT2D eigenvalue weighted by Gasteiger charge is -2.14. The van der Waals surface area contributed by atoms with Crippen molar-refractivity contribution in [2.75, 3.05) is 6.61 Å². The minimum atomic E-state index is -1.12. The van der Waals surface area contributed by atoms with Crippen LogP contribution in [0.5, 0.6) is 0 Å². The van der Waals surface area contributed by atoms with E-state index in [4.69, 9.17) is 10.00 Å². The zero-order valence-electron chi connectivity index (χ0n) is 8.33. The molecule has 13 heavy (non-hydrogen) atoms. The normalized spacial score (nSPS) is 11.2. The number of carbonyl (C=O) groups excluding carboxylic acids is 1. The third-order valence-corrected chi connectivity index (χ3v) is 3.09. The third-order valence-electron chi connectivity index (χ3n) is 1.39. The van der Waals surface area contributed by atoms with E-state index in [0.717, 1.165) is 18.2 Å². The predicted octanol–water partition coefficient (Wildman–Crippen LogP) is 1.95. The summed E-state index contributed by atoms with van der Waals surface area (Å²) in [5.74, 6) is -0.431. The van der Waals surface area contributed by atoms with Gasteiger partial charge in [0.15, 0.2) is 0 Å². The Morgan fingerprint density at radius 1 is 1.54 bits per heavy atom. The fourth-order valence-corrected chi connectivity index (χ4v) is 1.33. The van der Waals surface area contributed by atoms with Gasteiger partial charge in [-0.15, -0.1) is 0 Å². The van der Waals surface area contributed by atoms with Crippen molar-refractivity contribution >= 4 is 14.0 Å². The second-order valence-electron chi connectivity index (χ2n) is 3.94. The molecule has 0 amide bonds. The van der Waals surface area contributed by atoms with E-state index in [9.17, 15) is 4.79 Å². The molecule has 0 unspecified atom stereocenters. The Morgan fingerprint density at radius 2 is 2.15 bits per heavy atom. The van der Waals surface area contributed by atoms with Gasteiger partial charge in [-0.2, -0.15) is 5.26 Å². The summed E-state index contributed by atoms with van der Waals surface area (Å²) in [6.07, 6.45) is 2.26. The van der Waals surface area contributed by atoms with Crippen molar-refractivity contribution in [1.29, 1.82) is 5.26 Å². The third kappa shape index (κ3) is 8.83. The first-order chi connectivity index (χ1) is 5.95. The van der Waals surface area contributed by atoms with Crippen LogP contribution in [0.15, 0.2) is 12.2 Å². The zero-order valence-corrected chi connectivity index (χ0v) is 9.33. The van der Waals surface area contributed by atoms with E-state index in [1.807, 2.05) is 0 Å². The number of rotatable bonds is 4. The lowest BCUT2D eigenvalue weighted by atomic mass is 10.5. The van der Waals surface area contributed by atoms with Gasteiger partial charge in [0.25, 0.3) is 0 Å². The van der Waals surface area contributed by atoms with Crippen molar-refractivity contribution in [2.24, 2.45) is 0 Å². The van der Waals surface area contributed by atoms with Gasteiger partial charge < -0.3 is 4.74 Å². The molecule has 0 atom stereocenters. The van der Waals surface area contributed by atoms with Gasteiger partial charge in [0.05, 0.1) is 12.7 Å². The summed E-state index contributed by atoms with van der Waals surface area (Å²) in [4.78, 5) is 10.8. The molecule has 4 heteroatoms. The molecule has 0 aromatic heterocycles. The van der Waals surface area contributed by atoms with Crippen LogP contribution in [-0.4, -0.2) is 20.7 Å². The van der Waals surface area contributed by atoms with Crippen molar-refractivity contribution in [2.45, 2.75) is 25.7 Å². The molecule has 0 N–H and O–H groups in total. The number of ether oxygens (including phenoxy) is 1. The molecule has 0 saturated carbocycles. The lowest BCUT2D eigenvalue weighted by molar-refractivity contribution is -0.137. The van der Waals surface area contributed by atoms with Crippen molar-refractivity contribution in [3.05, 3.63) is 12.2 Å². The zero-order chi connectivity index (χ0) is 10.3. The molecule has 0 aromatic carbocycles. The van der Waals surface area contributed by atoms with Crippen LogP contribution in [0.1, 0.15) is 0 Å². The molecule has 0 rings (SSSR count). The number of hydrogen-bond donors (Lipinski definition) is 0. The van der Waals surface area contributed by atoms with Crippen LogP contribution in [0.4, 0.5) is 0 Å². The molecule has 0 spiro atoms. The largest absolute Gasteiger partial charge is 0.463 e. The SMILES string of the molecule is C[Si](C)(C)CCOC(=O)C=CC#N. The van der Waals surface area contributed by atoms with Crippen LogP contribution in [0, 0.1) is 11.3 Å². The number of carbonyl (C=O) groups is 1. The second kappa shape index (κ2) is 5.54. The highest BCUT2D eigenvalue weighted by atomic mass is 28.3. The monoisotopic (exact) mass is 197 g/mol. The van der Waals surface area contributed by atoms with Crippen molar-refractivity contribution < 1.29 is 9.53 Å². The molecule has 0 radical (unpaired) electrons. The van der Waals surface area contributed by atoms with Crippen LogP contribution < -0.4 is 0 Å². The quantitative estimate of drug-likeness (QED) is 0.299. The summed E-state index contributed by atoms with van der Waals surface area (Å²) in [7, 11) is -1.12. The van der Waals surface area contributed by atoms with Gasteiger partial charge in [0.1, 0.15) is 0 Å². The summed E-state index contributed by atoms with van der Waals surface area (Å²) >= 11 is 0. The van der Waals surface area contributed by atoms with E-state index >= 15 is 0 Å². The maximum atomic E-state index is 10.8. The van der Waals surface area contributed by atoms with E-state index in [2.05, 4.69) is 19.6 Å². The molecule has 0 aromatic rings. The van der Waals surface area contributed by atoms with Crippen molar-refractivity contribution in [1.82, 2.24) is 0 Å². The van der Waals surface area contributed by atoms with Crippen molar-refractivity contribution in [3.63, 3.8) is 0 Å². The number of hydrogen-bond acceptors (Lipinski definition) is 3. The fourth-order valence-electron chi connectivity index (χ4n) is 0.611. The second-order valence-corrected chi connectivity index (χ2v) is 9.56. The molecule has 0 heterocycles. The van der Waals surface area contributed by atoms with E-state index in [1.165, 1.54) is 0 Å². The van der Waals surface area contributed by atoms with E-state index < -0.39 is 14.0 Å². The molecule has 0 aliphatic carbocycles. The summed E-state index contributed by atoms with van der Waals surface area (Å²) < 4.78 is 4.88. The molecular formula is C9H15NO2Si. The average molecular weight is 197 g/mol. The fraction of sp³-hybridized carbons (Fsp3) is 0.556.